The highest BCUT2D eigenvalue weighted by Gasteiger charge is 2.17. The molecule has 2 N–H and O–H groups in total. The minimum absolute atomic E-state index is 0. The highest BCUT2D eigenvalue weighted by atomic mass is 35.5. The van der Waals surface area contributed by atoms with E-state index in [0.717, 1.165) is 36.6 Å². The number of hydrogen-bond acceptors (Lipinski definition) is 3. The van der Waals surface area contributed by atoms with Gasteiger partial charge in [-0.15, -0.1) is 12.4 Å². The Balaban J connectivity index is 0.00000208. The van der Waals surface area contributed by atoms with Crippen LogP contribution in [0.4, 0.5) is 11.4 Å². The Morgan fingerprint density at radius 3 is 2.88 bits per heavy atom. The summed E-state index contributed by atoms with van der Waals surface area (Å²) >= 11 is 6.11. The lowest BCUT2D eigenvalue weighted by Gasteiger charge is -2.24. The molecule has 0 fully saturated rings. The Labute approximate surface area is 153 Å². The molecule has 2 aromatic carbocycles. The number of rotatable bonds is 3. The van der Waals surface area contributed by atoms with E-state index in [4.69, 9.17) is 11.6 Å². The molecule has 0 aliphatic carbocycles. The van der Waals surface area contributed by atoms with Crippen LogP contribution in [-0.4, -0.2) is 25.5 Å². The van der Waals surface area contributed by atoms with Crippen LogP contribution in [0.5, 0.6) is 0 Å². The molecule has 1 aliphatic rings. The summed E-state index contributed by atoms with van der Waals surface area (Å²) in [6.07, 6.45) is 0. The molecule has 1 amide bonds. The number of carbonyl (C=O) groups excluding carboxylic acids is 1. The number of fused-ring (bicyclic) bond motifs is 1. The number of benzene rings is 2. The number of nitrogens with zero attached hydrogens (tertiary/aromatic N) is 1. The molecule has 0 unspecified atom stereocenters. The van der Waals surface area contributed by atoms with Gasteiger partial charge in [0, 0.05) is 36.0 Å². The Morgan fingerprint density at radius 2 is 2.04 bits per heavy atom. The van der Waals surface area contributed by atoms with E-state index in [0.29, 0.717) is 11.6 Å². The van der Waals surface area contributed by atoms with Crippen LogP contribution in [0.1, 0.15) is 11.1 Å². The van der Waals surface area contributed by atoms with Gasteiger partial charge in [0.25, 0.3) is 0 Å². The lowest BCUT2D eigenvalue weighted by atomic mass is 10.1. The van der Waals surface area contributed by atoms with Gasteiger partial charge in [-0.2, -0.15) is 0 Å². The monoisotopic (exact) mass is 365 g/mol. The third-order valence-corrected chi connectivity index (χ3v) is 4.49. The molecular weight excluding hydrogens is 345 g/mol. The minimum atomic E-state index is -0.0351. The molecule has 3 rings (SSSR count). The van der Waals surface area contributed by atoms with Crippen LogP contribution in [0.3, 0.4) is 0 Å². The average molecular weight is 366 g/mol. The molecule has 1 aliphatic heterocycles. The summed E-state index contributed by atoms with van der Waals surface area (Å²) in [4.78, 5) is 14.6. The maximum Gasteiger partial charge on any atom is 0.243 e. The van der Waals surface area contributed by atoms with Crippen LogP contribution in [0.2, 0.25) is 5.02 Å². The number of halogens is 2. The first kappa shape index (κ1) is 18.6. The molecule has 6 heteroatoms. The van der Waals surface area contributed by atoms with E-state index < -0.39 is 0 Å². The fourth-order valence-corrected chi connectivity index (χ4v) is 2.97. The van der Waals surface area contributed by atoms with Crippen molar-refractivity contribution in [1.29, 1.82) is 0 Å². The van der Waals surface area contributed by atoms with Crippen molar-refractivity contribution < 1.29 is 4.79 Å². The fourth-order valence-electron chi connectivity index (χ4n) is 2.80. The van der Waals surface area contributed by atoms with E-state index in [9.17, 15) is 4.79 Å². The number of nitrogens with one attached hydrogen (secondary N) is 2. The lowest BCUT2D eigenvalue weighted by Crippen LogP contribution is -2.36. The van der Waals surface area contributed by atoms with E-state index in [1.807, 2.05) is 37.3 Å². The summed E-state index contributed by atoms with van der Waals surface area (Å²) in [5.41, 5.74) is 4.00. The maximum atomic E-state index is 12.4. The van der Waals surface area contributed by atoms with E-state index in [1.165, 1.54) is 5.56 Å². The van der Waals surface area contributed by atoms with Gasteiger partial charge in [0.1, 0.15) is 0 Å². The number of anilines is 2. The molecule has 24 heavy (non-hydrogen) atoms. The van der Waals surface area contributed by atoms with Gasteiger partial charge in [-0.3, -0.25) is 4.79 Å². The minimum Gasteiger partial charge on any atom is -0.361 e. The van der Waals surface area contributed by atoms with Gasteiger partial charge in [-0.1, -0.05) is 35.9 Å². The topological polar surface area (TPSA) is 44.4 Å². The summed E-state index contributed by atoms with van der Waals surface area (Å²) in [7, 11) is 0. The van der Waals surface area contributed by atoms with Crippen molar-refractivity contribution in [3.8, 4) is 0 Å². The molecule has 0 radical (unpaired) electrons. The smallest absolute Gasteiger partial charge is 0.243 e. The van der Waals surface area contributed by atoms with Crippen molar-refractivity contribution in [2.75, 3.05) is 29.9 Å². The van der Waals surface area contributed by atoms with Crippen molar-refractivity contribution in [2.45, 2.75) is 13.5 Å². The van der Waals surface area contributed by atoms with Crippen LogP contribution in [0.25, 0.3) is 0 Å². The molecule has 0 saturated carbocycles. The molecule has 1 heterocycles. The molecule has 0 saturated heterocycles. The van der Waals surface area contributed by atoms with Crippen LogP contribution in [-0.2, 0) is 11.3 Å². The fraction of sp³-hybridized carbons (Fsp3) is 0.278. The van der Waals surface area contributed by atoms with Gasteiger partial charge in [0.15, 0.2) is 0 Å². The zero-order valence-corrected chi connectivity index (χ0v) is 15.1. The number of carbonyl (C=O) groups is 1. The number of para-hydroxylation sites is 1. The zero-order valence-electron chi connectivity index (χ0n) is 13.5. The summed E-state index contributed by atoms with van der Waals surface area (Å²) in [6, 6.07) is 13.7. The van der Waals surface area contributed by atoms with Gasteiger partial charge in [0.2, 0.25) is 5.91 Å². The van der Waals surface area contributed by atoms with E-state index in [-0.39, 0.29) is 18.3 Å². The summed E-state index contributed by atoms with van der Waals surface area (Å²) in [6.45, 7) is 4.73. The molecule has 2 aromatic rings. The first-order valence-corrected chi connectivity index (χ1v) is 8.11. The summed E-state index contributed by atoms with van der Waals surface area (Å²) in [5.74, 6) is -0.0351. The van der Waals surface area contributed by atoms with Gasteiger partial charge in [-0.05, 0) is 36.2 Å². The second kappa shape index (κ2) is 8.38. The second-order valence-electron chi connectivity index (χ2n) is 5.69. The Morgan fingerprint density at radius 1 is 1.25 bits per heavy atom. The predicted octanol–water partition coefficient (Wildman–Crippen LogP) is 3.62. The molecular formula is C18H21Cl2N3O. The lowest BCUT2D eigenvalue weighted by molar-refractivity contribution is -0.115. The second-order valence-corrected chi connectivity index (χ2v) is 6.09. The van der Waals surface area contributed by atoms with Crippen molar-refractivity contribution in [3.05, 3.63) is 58.6 Å². The van der Waals surface area contributed by atoms with Crippen LogP contribution < -0.4 is 15.5 Å². The van der Waals surface area contributed by atoms with Crippen molar-refractivity contribution in [1.82, 2.24) is 5.32 Å². The Kier molecular flexibility index (Phi) is 6.49. The quantitative estimate of drug-likeness (QED) is 0.872. The third-order valence-electron chi connectivity index (χ3n) is 4.08. The molecule has 0 spiro atoms. The molecule has 0 bridgehead atoms. The van der Waals surface area contributed by atoms with Gasteiger partial charge < -0.3 is 15.5 Å². The highest BCUT2D eigenvalue weighted by molar-refractivity contribution is 6.31. The first-order valence-electron chi connectivity index (χ1n) is 7.73. The largest absolute Gasteiger partial charge is 0.361 e. The van der Waals surface area contributed by atoms with Gasteiger partial charge >= 0.3 is 0 Å². The third kappa shape index (κ3) is 4.20. The van der Waals surface area contributed by atoms with Crippen LogP contribution in [0.15, 0.2) is 42.5 Å². The van der Waals surface area contributed by atoms with Crippen molar-refractivity contribution in [2.24, 2.45) is 0 Å². The molecule has 4 nitrogen and oxygen atoms in total. The van der Waals surface area contributed by atoms with Crippen molar-refractivity contribution in [3.63, 3.8) is 0 Å². The summed E-state index contributed by atoms with van der Waals surface area (Å²) < 4.78 is 0. The SMILES string of the molecule is Cc1c(Cl)cccc1NC(=O)CN1CCNCc2ccccc21.Cl. The molecule has 0 atom stereocenters. The average Bonchev–Trinajstić information content (AvgIpc) is 2.75. The van der Waals surface area contributed by atoms with Crippen LogP contribution in [0, 0.1) is 6.92 Å². The predicted molar refractivity (Wildman–Crippen MR) is 102 cm³/mol. The Bertz CT molecular complexity index is 721. The van der Waals surface area contributed by atoms with E-state index in [1.54, 1.807) is 0 Å². The van der Waals surface area contributed by atoms with E-state index in [2.05, 4.69) is 27.7 Å². The first-order chi connectivity index (χ1) is 11.1. The van der Waals surface area contributed by atoms with Gasteiger partial charge in [-0.25, -0.2) is 0 Å². The number of hydrogen-bond donors (Lipinski definition) is 2. The highest BCUT2D eigenvalue weighted by Crippen LogP contribution is 2.24. The zero-order chi connectivity index (χ0) is 16.2. The van der Waals surface area contributed by atoms with Gasteiger partial charge in [0.05, 0.1) is 6.54 Å². The van der Waals surface area contributed by atoms with Crippen LogP contribution >= 0.6 is 24.0 Å². The number of amides is 1. The molecule has 128 valence electrons. The van der Waals surface area contributed by atoms with E-state index >= 15 is 0 Å². The summed E-state index contributed by atoms with van der Waals surface area (Å²) in [5, 5.41) is 7.01. The molecule has 0 aromatic heterocycles. The Hall–Kier alpha value is -1.75. The maximum absolute atomic E-state index is 12.4. The normalized spacial score (nSPS) is 13.5. The van der Waals surface area contributed by atoms with Crippen molar-refractivity contribution >= 4 is 41.3 Å². The standard InChI is InChI=1S/C18H20ClN3O.ClH/c1-13-15(19)6-4-7-16(13)21-18(23)12-22-10-9-20-11-14-5-2-3-8-17(14)22;/h2-8,20H,9-12H2,1H3,(H,21,23);1H.